The zero-order valence-electron chi connectivity index (χ0n) is 13.2. The lowest BCUT2D eigenvalue weighted by molar-refractivity contribution is 0.112. The lowest BCUT2D eigenvalue weighted by Gasteiger charge is -2.40. The maximum absolute atomic E-state index is 3.77. The van der Waals surface area contributed by atoms with E-state index in [4.69, 9.17) is 0 Å². The Morgan fingerprint density at radius 2 is 2.00 bits per heavy atom. The first-order valence-electron chi connectivity index (χ1n) is 8.37. The fraction of sp³-hybridized carbons (Fsp3) is 0.667. The zero-order valence-corrected chi connectivity index (χ0v) is 14.8. The molecule has 1 aromatic rings. The third kappa shape index (κ3) is 3.52. The number of rotatable bonds is 5. The summed E-state index contributed by atoms with van der Waals surface area (Å²) in [5.74, 6) is 0.831. The first-order chi connectivity index (χ1) is 10.2. The summed E-state index contributed by atoms with van der Waals surface area (Å²) in [7, 11) is 2.33. The van der Waals surface area contributed by atoms with E-state index in [0.717, 1.165) is 31.0 Å². The van der Waals surface area contributed by atoms with Crippen LogP contribution in [0.2, 0.25) is 0 Å². The Morgan fingerprint density at radius 3 is 2.62 bits per heavy atom. The van der Waals surface area contributed by atoms with E-state index < -0.39 is 0 Å². The Morgan fingerprint density at radius 1 is 1.29 bits per heavy atom. The Bertz CT molecular complexity index is 462. The summed E-state index contributed by atoms with van der Waals surface area (Å²) in [6, 6.07) is 11.1. The third-order valence-electron chi connectivity index (χ3n) is 5.51. The topological polar surface area (TPSA) is 15.3 Å². The molecular formula is C18H27BrN2. The molecule has 2 aliphatic rings. The minimum atomic E-state index is 0.626. The van der Waals surface area contributed by atoms with Gasteiger partial charge in [0.25, 0.3) is 0 Å². The number of nitrogens with one attached hydrogen (secondary N) is 1. The molecule has 2 fully saturated rings. The van der Waals surface area contributed by atoms with Crippen molar-refractivity contribution in [1.82, 2.24) is 10.2 Å². The molecule has 0 saturated carbocycles. The number of likely N-dealkylation sites (N-methyl/N-ethyl adjacent to an activating group) is 1. The Labute approximate surface area is 137 Å². The van der Waals surface area contributed by atoms with E-state index in [1.54, 1.807) is 0 Å². The van der Waals surface area contributed by atoms with Gasteiger partial charge in [-0.25, -0.2) is 0 Å². The van der Waals surface area contributed by atoms with Crippen LogP contribution in [0.5, 0.6) is 0 Å². The smallest absolute Gasteiger partial charge is 0.0178 e. The Balaban J connectivity index is 1.70. The number of hydrogen-bond acceptors (Lipinski definition) is 2. The number of piperidine rings is 1. The molecule has 2 bridgehead atoms. The molecule has 0 aromatic heterocycles. The van der Waals surface area contributed by atoms with Gasteiger partial charge < -0.3 is 10.2 Å². The summed E-state index contributed by atoms with van der Waals surface area (Å²) in [4.78, 5) is 2.64. The monoisotopic (exact) mass is 350 g/mol. The molecule has 2 aliphatic heterocycles. The summed E-state index contributed by atoms with van der Waals surface area (Å²) >= 11 is 3.60. The molecule has 21 heavy (non-hydrogen) atoms. The molecule has 0 aliphatic carbocycles. The van der Waals surface area contributed by atoms with Gasteiger partial charge in [0.15, 0.2) is 0 Å². The molecule has 1 aromatic carbocycles. The van der Waals surface area contributed by atoms with E-state index in [-0.39, 0.29) is 0 Å². The van der Waals surface area contributed by atoms with E-state index >= 15 is 0 Å². The largest absolute Gasteiger partial charge is 0.314 e. The molecule has 3 atom stereocenters. The number of benzene rings is 1. The van der Waals surface area contributed by atoms with Gasteiger partial charge in [-0.05, 0) is 69.3 Å². The Kier molecular flexibility index (Phi) is 5.03. The van der Waals surface area contributed by atoms with Crippen molar-refractivity contribution in [2.24, 2.45) is 5.92 Å². The summed E-state index contributed by atoms with van der Waals surface area (Å²) in [5.41, 5.74) is 1.45. The van der Waals surface area contributed by atoms with Crippen molar-refractivity contribution in [3.05, 3.63) is 34.3 Å². The number of halogens is 1. The van der Waals surface area contributed by atoms with Gasteiger partial charge in [0.2, 0.25) is 0 Å². The Hall–Kier alpha value is -0.380. The van der Waals surface area contributed by atoms with Crippen LogP contribution in [-0.4, -0.2) is 36.6 Å². The maximum Gasteiger partial charge on any atom is 0.0178 e. The fourth-order valence-electron chi connectivity index (χ4n) is 4.37. The van der Waals surface area contributed by atoms with Crippen LogP contribution in [0.15, 0.2) is 28.7 Å². The highest BCUT2D eigenvalue weighted by atomic mass is 79.9. The molecule has 2 nitrogen and oxygen atoms in total. The second-order valence-corrected chi connectivity index (χ2v) is 7.70. The van der Waals surface area contributed by atoms with Crippen LogP contribution in [0, 0.1) is 5.92 Å². The average Bonchev–Trinajstić information content (AvgIpc) is 2.69. The second-order valence-electron chi connectivity index (χ2n) is 6.78. The van der Waals surface area contributed by atoms with Crippen molar-refractivity contribution < 1.29 is 0 Å². The highest BCUT2D eigenvalue weighted by Gasteiger charge is 2.40. The quantitative estimate of drug-likeness (QED) is 0.867. The molecular weight excluding hydrogens is 324 g/mol. The molecule has 1 N–H and O–H groups in total. The van der Waals surface area contributed by atoms with E-state index in [2.05, 4.69) is 64.4 Å². The van der Waals surface area contributed by atoms with Crippen LogP contribution in [0.4, 0.5) is 0 Å². The van der Waals surface area contributed by atoms with Crippen LogP contribution < -0.4 is 5.32 Å². The molecule has 0 radical (unpaired) electrons. The predicted molar refractivity (Wildman–Crippen MR) is 92.6 cm³/mol. The van der Waals surface area contributed by atoms with Gasteiger partial charge in [0, 0.05) is 22.6 Å². The van der Waals surface area contributed by atoms with Crippen molar-refractivity contribution in [3.63, 3.8) is 0 Å². The number of fused-ring (bicyclic) bond motifs is 2. The van der Waals surface area contributed by atoms with Gasteiger partial charge in [-0.2, -0.15) is 0 Å². The number of hydrogen-bond donors (Lipinski definition) is 1. The first kappa shape index (κ1) is 15.5. The molecule has 2 saturated heterocycles. The average molecular weight is 351 g/mol. The van der Waals surface area contributed by atoms with Crippen LogP contribution >= 0.6 is 15.9 Å². The van der Waals surface area contributed by atoms with Crippen molar-refractivity contribution in [2.45, 2.75) is 57.2 Å². The highest BCUT2D eigenvalue weighted by Crippen LogP contribution is 2.39. The van der Waals surface area contributed by atoms with E-state index in [1.807, 2.05) is 0 Å². The summed E-state index contributed by atoms with van der Waals surface area (Å²) in [6.45, 7) is 3.30. The van der Waals surface area contributed by atoms with Gasteiger partial charge in [0.05, 0.1) is 0 Å². The lowest BCUT2D eigenvalue weighted by atomic mass is 9.82. The molecule has 2 heterocycles. The zero-order chi connectivity index (χ0) is 14.8. The summed E-state index contributed by atoms with van der Waals surface area (Å²) in [5, 5.41) is 3.77. The second kappa shape index (κ2) is 6.80. The van der Waals surface area contributed by atoms with Gasteiger partial charge in [0.1, 0.15) is 0 Å². The maximum atomic E-state index is 3.77. The predicted octanol–water partition coefficient (Wildman–Crippen LogP) is 3.84. The van der Waals surface area contributed by atoms with Crippen molar-refractivity contribution >= 4 is 15.9 Å². The number of nitrogens with zero attached hydrogens (tertiary/aromatic N) is 1. The van der Waals surface area contributed by atoms with Crippen molar-refractivity contribution in [1.29, 1.82) is 0 Å². The summed E-state index contributed by atoms with van der Waals surface area (Å²) < 4.78 is 1.19. The normalized spacial score (nSPS) is 30.5. The standard InChI is InChI=1S/C18H27BrN2/c1-3-20-18(10-13-5-4-6-15(19)9-13)14-11-16-7-8-17(12-14)21(16)2/h4-6,9,14,16-18,20H,3,7-8,10-12H2,1-2H3. The van der Waals surface area contributed by atoms with Gasteiger partial charge in [-0.1, -0.05) is 35.0 Å². The minimum Gasteiger partial charge on any atom is -0.314 e. The highest BCUT2D eigenvalue weighted by molar-refractivity contribution is 9.10. The molecule has 0 amide bonds. The van der Waals surface area contributed by atoms with Crippen molar-refractivity contribution in [2.75, 3.05) is 13.6 Å². The fourth-order valence-corrected chi connectivity index (χ4v) is 4.81. The lowest BCUT2D eigenvalue weighted by Crippen LogP contribution is -2.47. The van der Waals surface area contributed by atoms with Crippen LogP contribution in [0.1, 0.15) is 38.2 Å². The van der Waals surface area contributed by atoms with E-state index in [9.17, 15) is 0 Å². The van der Waals surface area contributed by atoms with Crippen LogP contribution in [-0.2, 0) is 6.42 Å². The van der Waals surface area contributed by atoms with Crippen LogP contribution in [0.3, 0.4) is 0 Å². The molecule has 3 rings (SSSR count). The molecule has 0 spiro atoms. The molecule has 116 valence electrons. The van der Waals surface area contributed by atoms with Crippen molar-refractivity contribution in [3.8, 4) is 0 Å². The molecule has 3 heteroatoms. The third-order valence-corrected chi connectivity index (χ3v) is 6.01. The molecule has 3 unspecified atom stereocenters. The van der Waals surface area contributed by atoms with Gasteiger partial charge in [-0.15, -0.1) is 0 Å². The van der Waals surface area contributed by atoms with Crippen LogP contribution in [0.25, 0.3) is 0 Å². The van der Waals surface area contributed by atoms with Gasteiger partial charge in [-0.3, -0.25) is 0 Å². The van der Waals surface area contributed by atoms with Gasteiger partial charge >= 0.3 is 0 Å². The minimum absolute atomic E-state index is 0.626. The van der Waals surface area contributed by atoms with E-state index in [0.29, 0.717) is 6.04 Å². The SMILES string of the molecule is CCNC(Cc1cccc(Br)c1)C1CC2CCC(C1)N2C. The van der Waals surface area contributed by atoms with E-state index in [1.165, 1.54) is 35.7 Å². The first-order valence-corrected chi connectivity index (χ1v) is 9.16. The summed E-state index contributed by atoms with van der Waals surface area (Å²) in [6.07, 6.45) is 6.72.